The summed E-state index contributed by atoms with van der Waals surface area (Å²) in [6.07, 6.45) is 1.37. The maximum atomic E-state index is 11.7. The predicted molar refractivity (Wildman–Crippen MR) is 59.7 cm³/mol. The lowest BCUT2D eigenvalue weighted by molar-refractivity contribution is -0.142. The van der Waals surface area contributed by atoms with Crippen molar-refractivity contribution in [1.29, 1.82) is 0 Å². The number of esters is 2. The molecule has 1 aromatic heterocycles. The number of furan rings is 1. The summed E-state index contributed by atoms with van der Waals surface area (Å²) in [4.78, 5) is 23.0. The Morgan fingerprint density at radius 3 is 2.47 bits per heavy atom. The number of hydrogen-bond acceptors (Lipinski definition) is 5. The smallest absolute Gasteiger partial charge is 0.341 e. The van der Waals surface area contributed by atoms with Gasteiger partial charge in [0, 0.05) is 5.56 Å². The predicted octanol–water partition coefficient (Wildman–Crippen LogP) is 1.87. The highest BCUT2D eigenvalue weighted by Crippen LogP contribution is 2.18. The number of rotatable bonds is 5. The molecule has 0 amide bonds. The number of ether oxygens (including phenoxy) is 2. The van der Waals surface area contributed by atoms with E-state index in [1.165, 1.54) is 6.26 Å². The normalized spacial score (nSPS) is 10.1. The average Bonchev–Trinajstić information content (AvgIpc) is 2.60. The minimum Gasteiger partial charge on any atom is -0.468 e. The van der Waals surface area contributed by atoms with Gasteiger partial charge in [-0.15, -0.1) is 0 Å². The molecule has 0 radical (unpaired) electrons. The molecule has 0 saturated carbocycles. The minimum atomic E-state index is -0.474. The van der Waals surface area contributed by atoms with Crippen LogP contribution in [0.15, 0.2) is 10.7 Å². The second-order valence-electron chi connectivity index (χ2n) is 3.42. The molecule has 0 aromatic carbocycles. The quantitative estimate of drug-likeness (QED) is 0.735. The molecule has 0 spiro atoms. The van der Waals surface area contributed by atoms with Crippen molar-refractivity contribution in [1.82, 2.24) is 0 Å². The molecule has 0 aliphatic carbocycles. The maximum Gasteiger partial charge on any atom is 0.341 e. The van der Waals surface area contributed by atoms with Crippen molar-refractivity contribution in [3.05, 3.63) is 23.2 Å². The Morgan fingerprint density at radius 1 is 1.24 bits per heavy atom. The zero-order valence-electron chi connectivity index (χ0n) is 10.2. The van der Waals surface area contributed by atoms with Crippen molar-refractivity contribution < 1.29 is 23.5 Å². The largest absolute Gasteiger partial charge is 0.468 e. The third-order valence-corrected chi connectivity index (χ3v) is 2.14. The Bertz CT molecular complexity index is 405. The van der Waals surface area contributed by atoms with Gasteiger partial charge in [0.15, 0.2) is 0 Å². The molecule has 1 heterocycles. The van der Waals surface area contributed by atoms with Crippen LogP contribution in [-0.4, -0.2) is 25.2 Å². The molecule has 0 aliphatic heterocycles. The number of hydrogen-bond donors (Lipinski definition) is 0. The van der Waals surface area contributed by atoms with Crippen LogP contribution in [0.4, 0.5) is 0 Å². The van der Waals surface area contributed by atoms with E-state index in [0.29, 0.717) is 23.5 Å². The van der Waals surface area contributed by atoms with E-state index in [9.17, 15) is 9.59 Å². The van der Waals surface area contributed by atoms with Crippen molar-refractivity contribution in [2.24, 2.45) is 0 Å². The van der Waals surface area contributed by atoms with Gasteiger partial charge in [-0.05, 0) is 20.8 Å². The molecule has 0 saturated heterocycles. The van der Waals surface area contributed by atoms with Crippen LogP contribution in [0.1, 0.15) is 35.5 Å². The zero-order chi connectivity index (χ0) is 12.8. The van der Waals surface area contributed by atoms with Gasteiger partial charge < -0.3 is 13.9 Å². The highest BCUT2D eigenvalue weighted by Gasteiger charge is 2.21. The molecule has 0 aliphatic rings. The van der Waals surface area contributed by atoms with E-state index in [0.717, 1.165) is 0 Å². The third kappa shape index (κ3) is 3.34. The molecule has 0 fully saturated rings. The van der Waals surface area contributed by atoms with Gasteiger partial charge >= 0.3 is 11.9 Å². The summed E-state index contributed by atoms with van der Waals surface area (Å²) >= 11 is 0. The van der Waals surface area contributed by atoms with Crippen LogP contribution < -0.4 is 0 Å². The van der Waals surface area contributed by atoms with Gasteiger partial charge in [-0.3, -0.25) is 4.79 Å². The fourth-order valence-electron chi connectivity index (χ4n) is 1.45. The van der Waals surface area contributed by atoms with Gasteiger partial charge in [0.1, 0.15) is 17.7 Å². The standard InChI is InChI=1S/C12H16O5/c1-4-15-10(13)6-9-11(8(3)7-17-9)12(14)16-5-2/h7H,4-6H2,1-3H3. The van der Waals surface area contributed by atoms with Crippen LogP contribution in [0, 0.1) is 6.92 Å². The summed E-state index contributed by atoms with van der Waals surface area (Å²) in [5.41, 5.74) is 0.975. The molecule has 1 rings (SSSR count). The zero-order valence-corrected chi connectivity index (χ0v) is 10.2. The molecule has 0 bridgehead atoms. The van der Waals surface area contributed by atoms with Crippen molar-refractivity contribution in [3.8, 4) is 0 Å². The maximum absolute atomic E-state index is 11.7. The Kier molecular flexibility index (Phi) is 4.75. The summed E-state index contributed by atoms with van der Waals surface area (Å²) in [6.45, 7) is 5.75. The SMILES string of the molecule is CCOC(=O)Cc1occ(C)c1C(=O)OCC. The van der Waals surface area contributed by atoms with E-state index in [1.807, 2.05) is 0 Å². The van der Waals surface area contributed by atoms with E-state index in [2.05, 4.69) is 0 Å². The van der Waals surface area contributed by atoms with Crippen LogP contribution in [0.25, 0.3) is 0 Å². The first kappa shape index (κ1) is 13.3. The summed E-state index contributed by atoms with van der Waals surface area (Å²) in [5.74, 6) is -0.607. The van der Waals surface area contributed by atoms with Gasteiger partial charge in [-0.1, -0.05) is 0 Å². The number of carbonyl (C=O) groups excluding carboxylic acids is 2. The molecule has 94 valence electrons. The molecular weight excluding hydrogens is 224 g/mol. The Balaban J connectivity index is 2.86. The summed E-state index contributed by atoms with van der Waals surface area (Å²) in [7, 11) is 0. The van der Waals surface area contributed by atoms with Crippen LogP contribution >= 0.6 is 0 Å². The Labute approximate surface area is 99.7 Å². The fraction of sp³-hybridized carbons (Fsp3) is 0.500. The van der Waals surface area contributed by atoms with Crippen LogP contribution in [0.2, 0.25) is 0 Å². The molecular formula is C12H16O5. The first-order valence-corrected chi connectivity index (χ1v) is 5.49. The number of carbonyl (C=O) groups is 2. The van der Waals surface area contributed by atoms with Gasteiger partial charge in [0.05, 0.1) is 19.5 Å². The highest BCUT2D eigenvalue weighted by molar-refractivity contribution is 5.93. The fourth-order valence-corrected chi connectivity index (χ4v) is 1.45. The summed E-state index contributed by atoms with van der Waals surface area (Å²) < 4.78 is 14.9. The Morgan fingerprint density at radius 2 is 1.88 bits per heavy atom. The van der Waals surface area contributed by atoms with Crippen LogP contribution in [0.5, 0.6) is 0 Å². The molecule has 17 heavy (non-hydrogen) atoms. The molecule has 0 unspecified atom stereocenters. The van der Waals surface area contributed by atoms with Gasteiger partial charge in [-0.25, -0.2) is 4.79 Å². The molecule has 5 nitrogen and oxygen atoms in total. The monoisotopic (exact) mass is 240 g/mol. The topological polar surface area (TPSA) is 65.7 Å². The van der Waals surface area contributed by atoms with E-state index in [1.54, 1.807) is 20.8 Å². The summed E-state index contributed by atoms with van der Waals surface area (Å²) in [6, 6.07) is 0. The van der Waals surface area contributed by atoms with Crippen LogP contribution in [0.3, 0.4) is 0 Å². The second-order valence-corrected chi connectivity index (χ2v) is 3.42. The lowest BCUT2D eigenvalue weighted by atomic mass is 10.1. The van der Waals surface area contributed by atoms with E-state index >= 15 is 0 Å². The van der Waals surface area contributed by atoms with Crippen molar-refractivity contribution in [2.45, 2.75) is 27.2 Å². The van der Waals surface area contributed by atoms with E-state index < -0.39 is 11.9 Å². The first-order valence-electron chi connectivity index (χ1n) is 5.49. The second kappa shape index (κ2) is 6.08. The summed E-state index contributed by atoms with van der Waals surface area (Å²) in [5, 5.41) is 0. The Hall–Kier alpha value is -1.78. The lowest BCUT2D eigenvalue weighted by Crippen LogP contribution is -2.12. The van der Waals surface area contributed by atoms with Crippen molar-refractivity contribution in [3.63, 3.8) is 0 Å². The minimum absolute atomic E-state index is 0.0597. The van der Waals surface area contributed by atoms with Crippen molar-refractivity contribution >= 4 is 11.9 Å². The van der Waals surface area contributed by atoms with E-state index in [4.69, 9.17) is 13.9 Å². The third-order valence-electron chi connectivity index (χ3n) is 2.14. The van der Waals surface area contributed by atoms with E-state index in [-0.39, 0.29) is 13.0 Å². The van der Waals surface area contributed by atoms with Gasteiger partial charge in [-0.2, -0.15) is 0 Å². The molecule has 1 aromatic rings. The molecule has 0 N–H and O–H groups in total. The van der Waals surface area contributed by atoms with Gasteiger partial charge in [0.25, 0.3) is 0 Å². The van der Waals surface area contributed by atoms with Crippen molar-refractivity contribution in [2.75, 3.05) is 13.2 Å². The van der Waals surface area contributed by atoms with Gasteiger partial charge in [0.2, 0.25) is 0 Å². The first-order chi connectivity index (χ1) is 8.10. The highest BCUT2D eigenvalue weighted by atomic mass is 16.5. The molecule has 5 heteroatoms. The lowest BCUT2D eigenvalue weighted by Gasteiger charge is -2.03. The van der Waals surface area contributed by atoms with Crippen LogP contribution in [-0.2, 0) is 20.7 Å². The number of aryl methyl sites for hydroxylation is 1. The average molecular weight is 240 g/mol. The molecule has 0 atom stereocenters.